The minimum Gasteiger partial charge on any atom is -0.376 e. The number of aryl methyl sites for hydroxylation is 1. The number of hydrogen-bond donors (Lipinski definition) is 1. The van der Waals surface area contributed by atoms with Crippen molar-refractivity contribution in [2.24, 2.45) is 0 Å². The topological polar surface area (TPSA) is 51.2 Å². The summed E-state index contributed by atoms with van der Waals surface area (Å²) in [5.41, 5.74) is 1.54. The first-order chi connectivity index (χ1) is 7.68. The molecule has 0 aromatic carbocycles. The lowest BCUT2D eigenvalue weighted by Gasteiger charge is -2.10. The second-order valence-corrected chi connectivity index (χ2v) is 4.82. The number of anilines is 1. The Balaban J connectivity index is 2.00. The Morgan fingerprint density at radius 2 is 2.50 bits per heavy atom. The summed E-state index contributed by atoms with van der Waals surface area (Å²) >= 11 is 1.35. The van der Waals surface area contributed by atoms with Crippen LogP contribution in [0.5, 0.6) is 0 Å². The zero-order valence-corrected chi connectivity index (χ0v) is 10.4. The van der Waals surface area contributed by atoms with Gasteiger partial charge in [-0.05, 0) is 38.2 Å². The molecule has 0 radical (unpaired) electrons. The van der Waals surface area contributed by atoms with Gasteiger partial charge in [0.2, 0.25) is 0 Å². The van der Waals surface area contributed by atoms with Crippen molar-refractivity contribution in [3.8, 4) is 0 Å². The smallest absolute Gasteiger partial charge is 0.164 e. The summed E-state index contributed by atoms with van der Waals surface area (Å²) in [4.78, 5) is 11.4. The highest BCUT2D eigenvalue weighted by Crippen LogP contribution is 2.25. The van der Waals surface area contributed by atoms with Crippen molar-refractivity contribution in [1.29, 1.82) is 0 Å². The van der Waals surface area contributed by atoms with Crippen LogP contribution >= 0.6 is 11.5 Å². The minimum absolute atomic E-state index is 0.0705. The van der Waals surface area contributed by atoms with Crippen LogP contribution in [0.1, 0.15) is 35.8 Å². The molecule has 0 aliphatic carbocycles. The number of hydrogen-bond acceptors (Lipinski definition) is 5. The monoisotopic (exact) mass is 240 g/mol. The SMILES string of the molecule is CC(=O)c1c(C)nsc1NCC1CCCO1. The molecule has 2 heterocycles. The number of carbonyl (C=O) groups is 1. The Morgan fingerprint density at radius 1 is 1.69 bits per heavy atom. The Morgan fingerprint density at radius 3 is 3.12 bits per heavy atom. The number of rotatable bonds is 4. The fourth-order valence-corrected chi connectivity index (χ4v) is 2.77. The molecule has 16 heavy (non-hydrogen) atoms. The lowest BCUT2D eigenvalue weighted by molar-refractivity contribution is 0.101. The highest BCUT2D eigenvalue weighted by molar-refractivity contribution is 7.10. The molecule has 5 heteroatoms. The van der Waals surface area contributed by atoms with Gasteiger partial charge in [0, 0.05) is 13.2 Å². The molecular formula is C11H16N2O2S. The first-order valence-electron chi connectivity index (χ1n) is 5.51. The van der Waals surface area contributed by atoms with Crippen LogP contribution in [0.4, 0.5) is 5.00 Å². The fourth-order valence-electron chi connectivity index (χ4n) is 1.92. The van der Waals surface area contributed by atoms with E-state index >= 15 is 0 Å². The van der Waals surface area contributed by atoms with Gasteiger partial charge in [-0.2, -0.15) is 4.37 Å². The summed E-state index contributed by atoms with van der Waals surface area (Å²) in [6, 6.07) is 0. The molecule has 1 aliphatic heterocycles. The highest BCUT2D eigenvalue weighted by Gasteiger charge is 2.18. The van der Waals surface area contributed by atoms with E-state index in [-0.39, 0.29) is 11.9 Å². The van der Waals surface area contributed by atoms with E-state index in [2.05, 4.69) is 9.69 Å². The number of ether oxygens (including phenoxy) is 1. The van der Waals surface area contributed by atoms with Crippen LogP contribution in [0.25, 0.3) is 0 Å². The Kier molecular flexibility index (Phi) is 3.56. The van der Waals surface area contributed by atoms with E-state index < -0.39 is 0 Å². The number of nitrogens with zero attached hydrogens (tertiary/aromatic N) is 1. The van der Waals surface area contributed by atoms with Gasteiger partial charge >= 0.3 is 0 Å². The first-order valence-corrected chi connectivity index (χ1v) is 6.28. The molecular weight excluding hydrogens is 224 g/mol. The summed E-state index contributed by atoms with van der Waals surface area (Å²) in [5.74, 6) is 0.0705. The third kappa shape index (κ3) is 2.41. The molecule has 1 N–H and O–H groups in total. The molecule has 0 spiro atoms. The minimum atomic E-state index is 0.0705. The molecule has 1 fully saturated rings. The van der Waals surface area contributed by atoms with E-state index in [0.29, 0.717) is 0 Å². The fraction of sp³-hybridized carbons (Fsp3) is 0.636. The maximum Gasteiger partial charge on any atom is 0.164 e. The van der Waals surface area contributed by atoms with Crippen molar-refractivity contribution in [3.63, 3.8) is 0 Å². The van der Waals surface area contributed by atoms with E-state index in [1.807, 2.05) is 6.92 Å². The molecule has 1 atom stereocenters. The van der Waals surface area contributed by atoms with Gasteiger partial charge < -0.3 is 10.1 Å². The predicted molar refractivity (Wildman–Crippen MR) is 64.3 cm³/mol. The molecule has 1 aromatic rings. The maximum absolute atomic E-state index is 11.4. The number of carbonyl (C=O) groups excluding carboxylic acids is 1. The summed E-state index contributed by atoms with van der Waals surface area (Å²) in [7, 11) is 0. The zero-order chi connectivity index (χ0) is 11.5. The van der Waals surface area contributed by atoms with Crippen molar-refractivity contribution < 1.29 is 9.53 Å². The van der Waals surface area contributed by atoms with Crippen LogP contribution < -0.4 is 5.32 Å². The van der Waals surface area contributed by atoms with Crippen molar-refractivity contribution in [1.82, 2.24) is 4.37 Å². The summed E-state index contributed by atoms with van der Waals surface area (Å²) < 4.78 is 9.72. The van der Waals surface area contributed by atoms with Gasteiger partial charge in [-0.15, -0.1) is 0 Å². The van der Waals surface area contributed by atoms with Gasteiger partial charge in [-0.1, -0.05) is 0 Å². The summed E-state index contributed by atoms with van der Waals surface area (Å²) in [6.07, 6.45) is 2.51. The van der Waals surface area contributed by atoms with Crippen molar-refractivity contribution in [2.45, 2.75) is 32.8 Å². The van der Waals surface area contributed by atoms with Gasteiger partial charge in [0.05, 0.1) is 17.4 Å². The van der Waals surface area contributed by atoms with Crippen LogP contribution in [-0.4, -0.2) is 29.4 Å². The van der Waals surface area contributed by atoms with Gasteiger partial charge in [-0.25, -0.2) is 0 Å². The molecule has 0 amide bonds. The number of aromatic nitrogens is 1. The number of Topliss-reactive ketones (excluding diaryl/α,β-unsaturated/α-hetero) is 1. The largest absolute Gasteiger partial charge is 0.376 e. The lowest BCUT2D eigenvalue weighted by Crippen LogP contribution is -2.18. The molecule has 2 rings (SSSR count). The average Bonchev–Trinajstić information content (AvgIpc) is 2.83. The van der Waals surface area contributed by atoms with Crippen LogP contribution in [0.2, 0.25) is 0 Å². The maximum atomic E-state index is 11.4. The highest BCUT2D eigenvalue weighted by atomic mass is 32.1. The predicted octanol–water partition coefficient (Wildman–Crippen LogP) is 2.25. The summed E-state index contributed by atoms with van der Waals surface area (Å²) in [6.45, 7) is 5.06. The van der Waals surface area contributed by atoms with Crippen LogP contribution in [0, 0.1) is 6.92 Å². The molecule has 1 unspecified atom stereocenters. The molecule has 0 saturated carbocycles. The Labute approximate surface area is 99.2 Å². The zero-order valence-electron chi connectivity index (χ0n) is 9.58. The van der Waals surface area contributed by atoms with E-state index in [4.69, 9.17) is 4.74 Å². The van der Waals surface area contributed by atoms with Crippen molar-refractivity contribution >= 4 is 22.3 Å². The van der Waals surface area contributed by atoms with Gasteiger partial charge in [0.25, 0.3) is 0 Å². The molecule has 1 aromatic heterocycles. The average molecular weight is 240 g/mol. The Hall–Kier alpha value is -0.940. The third-order valence-corrected chi connectivity index (χ3v) is 3.63. The molecule has 4 nitrogen and oxygen atoms in total. The van der Waals surface area contributed by atoms with E-state index in [1.165, 1.54) is 11.5 Å². The van der Waals surface area contributed by atoms with Crippen LogP contribution in [0.3, 0.4) is 0 Å². The normalized spacial score (nSPS) is 20.0. The second kappa shape index (κ2) is 4.93. The van der Waals surface area contributed by atoms with Crippen molar-refractivity contribution in [2.75, 3.05) is 18.5 Å². The van der Waals surface area contributed by atoms with E-state index in [0.717, 1.165) is 42.3 Å². The van der Waals surface area contributed by atoms with Crippen LogP contribution in [-0.2, 0) is 4.74 Å². The van der Waals surface area contributed by atoms with Crippen LogP contribution in [0.15, 0.2) is 0 Å². The van der Waals surface area contributed by atoms with E-state index in [1.54, 1.807) is 6.92 Å². The van der Waals surface area contributed by atoms with Gasteiger partial charge in [0.15, 0.2) is 5.78 Å². The van der Waals surface area contributed by atoms with E-state index in [9.17, 15) is 4.79 Å². The standard InChI is InChI=1S/C11H16N2O2S/c1-7-10(8(2)14)11(16-13-7)12-6-9-4-3-5-15-9/h9,12H,3-6H2,1-2H3. The quantitative estimate of drug-likeness (QED) is 0.820. The van der Waals surface area contributed by atoms with Gasteiger partial charge in [-0.3, -0.25) is 4.79 Å². The molecule has 1 aliphatic rings. The van der Waals surface area contributed by atoms with Gasteiger partial charge in [0.1, 0.15) is 5.00 Å². The molecule has 1 saturated heterocycles. The molecule has 0 bridgehead atoms. The second-order valence-electron chi connectivity index (χ2n) is 4.04. The Bertz CT molecular complexity index is 383. The molecule has 88 valence electrons. The lowest BCUT2D eigenvalue weighted by atomic mass is 10.2. The first kappa shape index (κ1) is 11.5. The number of nitrogens with one attached hydrogen (secondary N) is 1. The van der Waals surface area contributed by atoms with Crippen molar-refractivity contribution in [3.05, 3.63) is 11.3 Å². The summed E-state index contributed by atoms with van der Waals surface area (Å²) in [5, 5.41) is 4.14. The third-order valence-electron chi connectivity index (χ3n) is 2.73. The number of ketones is 1.